The molecule has 1 saturated heterocycles. The van der Waals surface area contributed by atoms with Crippen LogP contribution in [0.15, 0.2) is 77.5 Å². The standard InChI is InChI=1S/C23H21N3O2/c27-23(18-7-1-3-9-20(18)25-13-5-6-14-25)26-15-11-17(12-16-26)22-24-19-8-2-4-10-21(19)28-22/h1-10,13-14,17H,11-12,15-16H2. The lowest BCUT2D eigenvalue weighted by atomic mass is 9.96. The number of benzene rings is 2. The molecule has 4 aromatic rings. The molecule has 0 atom stereocenters. The Kier molecular flexibility index (Phi) is 4.20. The van der Waals surface area contributed by atoms with Crippen LogP contribution in [0.25, 0.3) is 16.8 Å². The lowest BCUT2D eigenvalue weighted by Crippen LogP contribution is -2.38. The predicted octanol–water partition coefficient (Wildman–Crippen LogP) is 4.64. The third-order valence-corrected chi connectivity index (χ3v) is 5.46. The zero-order valence-corrected chi connectivity index (χ0v) is 15.5. The number of carbonyl (C=O) groups is 1. The molecule has 140 valence electrons. The molecule has 1 aliphatic rings. The van der Waals surface area contributed by atoms with Gasteiger partial charge in [-0.15, -0.1) is 0 Å². The molecule has 5 rings (SSSR count). The van der Waals surface area contributed by atoms with Crippen molar-refractivity contribution in [2.24, 2.45) is 0 Å². The molecule has 1 amide bonds. The maximum absolute atomic E-state index is 13.2. The Morgan fingerprint density at radius 2 is 1.64 bits per heavy atom. The minimum Gasteiger partial charge on any atom is -0.440 e. The fourth-order valence-corrected chi connectivity index (χ4v) is 3.94. The molecular formula is C23H21N3O2. The van der Waals surface area contributed by atoms with Crippen molar-refractivity contribution in [3.05, 3.63) is 84.5 Å². The molecule has 1 fully saturated rings. The van der Waals surface area contributed by atoms with E-state index in [4.69, 9.17) is 4.42 Å². The first-order chi connectivity index (χ1) is 13.8. The normalized spacial score (nSPS) is 15.2. The van der Waals surface area contributed by atoms with Crippen LogP contribution in [0.5, 0.6) is 0 Å². The Bertz CT molecular complexity index is 1070. The summed E-state index contributed by atoms with van der Waals surface area (Å²) in [6.07, 6.45) is 5.66. The van der Waals surface area contributed by atoms with Crippen molar-refractivity contribution in [1.82, 2.24) is 14.5 Å². The van der Waals surface area contributed by atoms with E-state index in [2.05, 4.69) is 4.98 Å². The van der Waals surface area contributed by atoms with Gasteiger partial charge in [-0.1, -0.05) is 24.3 Å². The number of piperidine rings is 1. The van der Waals surface area contributed by atoms with Gasteiger partial charge in [-0.05, 0) is 49.2 Å². The van der Waals surface area contributed by atoms with E-state index in [0.717, 1.165) is 41.1 Å². The summed E-state index contributed by atoms with van der Waals surface area (Å²) in [6, 6.07) is 19.6. The number of hydrogen-bond acceptors (Lipinski definition) is 3. The number of para-hydroxylation sites is 3. The summed E-state index contributed by atoms with van der Waals surface area (Å²) in [5, 5.41) is 0. The molecule has 0 bridgehead atoms. The second-order valence-electron chi connectivity index (χ2n) is 7.19. The predicted molar refractivity (Wildman–Crippen MR) is 108 cm³/mol. The smallest absolute Gasteiger partial charge is 0.255 e. The van der Waals surface area contributed by atoms with E-state index in [-0.39, 0.29) is 11.8 Å². The van der Waals surface area contributed by atoms with Gasteiger partial charge in [0.15, 0.2) is 11.5 Å². The van der Waals surface area contributed by atoms with Crippen LogP contribution >= 0.6 is 0 Å². The van der Waals surface area contributed by atoms with Gasteiger partial charge in [-0.2, -0.15) is 0 Å². The third kappa shape index (κ3) is 2.99. The minimum absolute atomic E-state index is 0.0836. The first-order valence-corrected chi connectivity index (χ1v) is 9.67. The van der Waals surface area contributed by atoms with Gasteiger partial charge >= 0.3 is 0 Å². The Morgan fingerprint density at radius 3 is 2.43 bits per heavy atom. The molecule has 3 heterocycles. The summed E-state index contributed by atoms with van der Waals surface area (Å²) in [4.78, 5) is 19.8. The molecule has 2 aromatic carbocycles. The van der Waals surface area contributed by atoms with Crippen LogP contribution in [-0.4, -0.2) is 33.4 Å². The van der Waals surface area contributed by atoms with E-state index in [1.54, 1.807) is 0 Å². The van der Waals surface area contributed by atoms with Gasteiger partial charge in [0.25, 0.3) is 5.91 Å². The van der Waals surface area contributed by atoms with Crippen molar-refractivity contribution in [3.8, 4) is 5.69 Å². The SMILES string of the molecule is O=C(c1ccccc1-n1cccc1)N1CCC(c2nc3ccccc3o2)CC1. The number of carbonyl (C=O) groups excluding carboxylic acids is 1. The van der Waals surface area contributed by atoms with Gasteiger partial charge in [0.1, 0.15) is 5.52 Å². The van der Waals surface area contributed by atoms with Crippen LogP contribution < -0.4 is 0 Å². The first kappa shape index (κ1) is 16.8. The summed E-state index contributed by atoms with van der Waals surface area (Å²) in [5.74, 6) is 1.14. The summed E-state index contributed by atoms with van der Waals surface area (Å²) in [7, 11) is 0. The highest BCUT2D eigenvalue weighted by molar-refractivity contribution is 5.97. The van der Waals surface area contributed by atoms with Crippen LogP contribution in [0.1, 0.15) is 35.0 Å². The Hall–Kier alpha value is -3.34. The first-order valence-electron chi connectivity index (χ1n) is 9.67. The van der Waals surface area contributed by atoms with Gasteiger partial charge in [-0.3, -0.25) is 4.79 Å². The van der Waals surface area contributed by atoms with Crippen LogP contribution in [0, 0.1) is 0 Å². The van der Waals surface area contributed by atoms with Crippen molar-refractivity contribution in [1.29, 1.82) is 0 Å². The van der Waals surface area contributed by atoms with E-state index < -0.39 is 0 Å². The van der Waals surface area contributed by atoms with E-state index in [1.807, 2.05) is 82.5 Å². The Labute approximate surface area is 163 Å². The van der Waals surface area contributed by atoms with Gasteiger partial charge in [0.05, 0.1) is 11.3 Å². The van der Waals surface area contributed by atoms with Crippen LogP contribution in [0.4, 0.5) is 0 Å². The van der Waals surface area contributed by atoms with Crippen LogP contribution in [-0.2, 0) is 0 Å². The molecule has 0 aliphatic carbocycles. The van der Waals surface area contributed by atoms with Crippen molar-refractivity contribution in [3.63, 3.8) is 0 Å². The number of aromatic nitrogens is 2. The fourth-order valence-electron chi connectivity index (χ4n) is 3.94. The van der Waals surface area contributed by atoms with Crippen LogP contribution in [0.2, 0.25) is 0 Å². The molecule has 0 unspecified atom stereocenters. The topological polar surface area (TPSA) is 51.3 Å². The Morgan fingerprint density at radius 1 is 0.929 bits per heavy atom. The lowest BCUT2D eigenvalue weighted by molar-refractivity contribution is 0.0706. The molecular weight excluding hydrogens is 350 g/mol. The monoisotopic (exact) mass is 371 g/mol. The van der Waals surface area contributed by atoms with Crippen molar-refractivity contribution in [2.75, 3.05) is 13.1 Å². The molecule has 0 saturated carbocycles. The highest BCUT2D eigenvalue weighted by atomic mass is 16.3. The van der Waals surface area contributed by atoms with E-state index in [1.165, 1.54) is 0 Å². The number of nitrogens with zero attached hydrogens (tertiary/aromatic N) is 3. The van der Waals surface area contributed by atoms with Crippen LogP contribution in [0.3, 0.4) is 0 Å². The maximum atomic E-state index is 13.2. The Balaban J connectivity index is 1.33. The van der Waals surface area contributed by atoms with E-state index >= 15 is 0 Å². The number of likely N-dealkylation sites (tertiary alicyclic amines) is 1. The van der Waals surface area contributed by atoms with Gasteiger partial charge in [0.2, 0.25) is 0 Å². The average Bonchev–Trinajstić information content (AvgIpc) is 3.43. The van der Waals surface area contributed by atoms with E-state index in [0.29, 0.717) is 13.1 Å². The zero-order chi connectivity index (χ0) is 18.9. The largest absolute Gasteiger partial charge is 0.440 e. The second kappa shape index (κ2) is 7.00. The molecule has 1 aliphatic heterocycles. The molecule has 5 heteroatoms. The van der Waals surface area contributed by atoms with Crippen molar-refractivity contribution < 1.29 is 9.21 Å². The summed E-state index contributed by atoms with van der Waals surface area (Å²) < 4.78 is 7.92. The lowest BCUT2D eigenvalue weighted by Gasteiger charge is -2.31. The van der Waals surface area contributed by atoms with E-state index in [9.17, 15) is 4.79 Å². The molecule has 5 nitrogen and oxygen atoms in total. The average molecular weight is 371 g/mol. The van der Waals surface area contributed by atoms with Crippen molar-refractivity contribution >= 4 is 17.0 Å². The van der Waals surface area contributed by atoms with Gasteiger partial charge < -0.3 is 13.9 Å². The zero-order valence-electron chi connectivity index (χ0n) is 15.5. The fraction of sp³-hybridized carbons (Fsp3) is 0.217. The number of rotatable bonds is 3. The second-order valence-corrected chi connectivity index (χ2v) is 7.19. The highest BCUT2D eigenvalue weighted by Crippen LogP contribution is 2.31. The van der Waals surface area contributed by atoms with Crippen molar-refractivity contribution in [2.45, 2.75) is 18.8 Å². The summed E-state index contributed by atoms with van der Waals surface area (Å²) in [5.41, 5.74) is 3.38. The molecule has 0 radical (unpaired) electrons. The third-order valence-electron chi connectivity index (χ3n) is 5.46. The number of amides is 1. The van der Waals surface area contributed by atoms with Gasteiger partial charge in [0, 0.05) is 31.4 Å². The molecule has 0 N–H and O–H groups in total. The number of oxazole rings is 1. The highest BCUT2D eigenvalue weighted by Gasteiger charge is 2.28. The number of fused-ring (bicyclic) bond motifs is 1. The minimum atomic E-state index is 0.0836. The number of hydrogen-bond donors (Lipinski definition) is 0. The maximum Gasteiger partial charge on any atom is 0.255 e. The quantitative estimate of drug-likeness (QED) is 0.527. The molecule has 2 aromatic heterocycles. The molecule has 28 heavy (non-hydrogen) atoms. The molecule has 0 spiro atoms. The van der Waals surface area contributed by atoms with Gasteiger partial charge in [-0.25, -0.2) is 4.98 Å². The summed E-state index contributed by atoms with van der Waals surface area (Å²) >= 11 is 0. The summed E-state index contributed by atoms with van der Waals surface area (Å²) in [6.45, 7) is 1.42.